The number of ether oxygens (including phenoxy) is 1. The highest BCUT2D eigenvalue weighted by molar-refractivity contribution is 5.20. The molecule has 0 radical (unpaired) electrons. The molecule has 0 aliphatic carbocycles. The lowest BCUT2D eigenvalue weighted by molar-refractivity contribution is 0.110. The fourth-order valence-electron chi connectivity index (χ4n) is 1.38. The number of aliphatic hydroxyl groups is 1. The molecule has 2 rings (SSSR count). The van der Waals surface area contributed by atoms with Gasteiger partial charge in [-0.15, -0.1) is 0 Å². The minimum atomic E-state index is -0.647. The van der Waals surface area contributed by atoms with E-state index >= 15 is 0 Å². The van der Waals surface area contributed by atoms with Gasteiger partial charge in [0.1, 0.15) is 18.3 Å². The molecule has 17 heavy (non-hydrogen) atoms. The standard InChI is InChI=1S/C12H15N3O2/c1-10(16)15-9-13-12(14-15)7-8-17-11-5-3-2-4-6-11/h2-6,9-10,16H,7-8H2,1H3. The molecule has 0 spiro atoms. The first-order valence-electron chi connectivity index (χ1n) is 5.51. The molecule has 0 fully saturated rings. The van der Waals surface area contributed by atoms with E-state index in [4.69, 9.17) is 4.74 Å². The van der Waals surface area contributed by atoms with Gasteiger partial charge in [-0.1, -0.05) is 18.2 Å². The molecule has 1 aromatic carbocycles. The molecule has 1 atom stereocenters. The van der Waals surface area contributed by atoms with Crippen LogP contribution in [0.3, 0.4) is 0 Å². The van der Waals surface area contributed by atoms with Crippen LogP contribution in [-0.2, 0) is 6.42 Å². The van der Waals surface area contributed by atoms with Crippen LogP contribution in [0.15, 0.2) is 36.7 Å². The largest absolute Gasteiger partial charge is 0.493 e. The highest BCUT2D eigenvalue weighted by atomic mass is 16.5. The lowest BCUT2D eigenvalue weighted by atomic mass is 10.3. The molecule has 5 heteroatoms. The van der Waals surface area contributed by atoms with Crippen LogP contribution in [0.2, 0.25) is 0 Å². The fourth-order valence-corrected chi connectivity index (χ4v) is 1.38. The third-order valence-electron chi connectivity index (χ3n) is 2.28. The van der Waals surface area contributed by atoms with E-state index in [-0.39, 0.29) is 0 Å². The summed E-state index contributed by atoms with van der Waals surface area (Å²) in [6, 6.07) is 9.61. The van der Waals surface area contributed by atoms with Crippen LogP contribution in [0.25, 0.3) is 0 Å². The third kappa shape index (κ3) is 3.29. The summed E-state index contributed by atoms with van der Waals surface area (Å²) in [6.07, 6.45) is 1.49. The van der Waals surface area contributed by atoms with E-state index in [1.54, 1.807) is 6.92 Å². The molecule has 0 saturated heterocycles. The van der Waals surface area contributed by atoms with Gasteiger partial charge in [-0.2, -0.15) is 5.10 Å². The maximum Gasteiger partial charge on any atom is 0.154 e. The normalized spacial score (nSPS) is 12.4. The van der Waals surface area contributed by atoms with Crippen molar-refractivity contribution in [3.8, 4) is 5.75 Å². The SMILES string of the molecule is CC(O)n1cnc(CCOc2ccccc2)n1. The van der Waals surface area contributed by atoms with Crippen LogP contribution in [-0.4, -0.2) is 26.5 Å². The summed E-state index contributed by atoms with van der Waals surface area (Å²) < 4.78 is 6.94. The van der Waals surface area contributed by atoms with E-state index in [9.17, 15) is 5.11 Å². The van der Waals surface area contributed by atoms with Gasteiger partial charge >= 0.3 is 0 Å². The topological polar surface area (TPSA) is 60.2 Å². The Morgan fingerprint density at radius 2 is 2.12 bits per heavy atom. The minimum absolute atomic E-state index is 0.522. The molecule has 1 unspecified atom stereocenters. The van der Waals surface area contributed by atoms with Crippen LogP contribution in [0.5, 0.6) is 5.75 Å². The second kappa shape index (κ2) is 5.45. The van der Waals surface area contributed by atoms with Gasteiger partial charge < -0.3 is 9.84 Å². The van der Waals surface area contributed by atoms with Crippen molar-refractivity contribution in [2.75, 3.05) is 6.61 Å². The molecular weight excluding hydrogens is 218 g/mol. The van der Waals surface area contributed by atoms with Gasteiger partial charge in [-0.25, -0.2) is 9.67 Å². The maximum absolute atomic E-state index is 9.27. The summed E-state index contributed by atoms with van der Waals surface area (Å²) >= 11 is 0. The van der Waals surface area contributed by atoms with Crippen LogP contribution in [0.4, 0.5) is 0 Å². The Kier molecular flexibility index (Phi) is 3.72. The highest BCUT2D eigenvalue weighted by Crippen LogP contribution is 2.08. The summed E-state index contributed by atoms with van der Waals surface area (Å²) in [4.78, 5) is 4.08. The zero-order chi connectivity index (χ0) is 12.1. The molecule has 0 amide bonds. The van der Waals surface area contributed by atoms with E-state index in [1.165, 1.54) is 11.0 Å². The predicted octanol–water partition coefficient (Wildman–Crippen LogP) is 1.41. The van der Waals surface area contributed by atoms with E-state index in [2.05, 4.69) is 10.1 Å². The first-order chi connectivity index (χ1) is 8.25. The number of aromatic nitrogens is 3. The Morgan fingerprint density at radius 1 is 1.35 bits per heavy atom. The Labute approximate surface area is 99.7 Å². The molecule has 1 heterocycles. The maximum atomic E-state index is 9.27. The number of aliphatic hydroxyl groups excluding tert-OH is 1. The summed E-state index contributed by atoms with van der Waals surface area (Å²) in [5.74, 6) is 1.50. The predicted molar refractivity (Wildman–Crippen MR) is 62.6 cm³/mol. The molecule has 1 N–H and O–H groups in total. The second-order valence-corrected chi connectivity index (χ2v) is 3.68. The van der Waals surface area contributed by atoms with E-state index in [0.717, 1.165) is 5.75 Å². The fraction of sp³-hybridized carbons (Fsp3) is 0.333. The first-order valence-corrected chi connectivity index (χ1v) is 5.51. The Morgan fingerprint density at radius 3 is 2.76 bits per heavy atom. The average molecular weight is 233 g/mol. The first kappa shape index (κ1) is 11.6. The van der Waals surface area contributed by atoms with Crippen molar-refractivity contribution in [2.45, 2.75) is 19.6 Å². The van der Waals surface area contributed by atoms with Crippen LogP contribution >= 0.6 is 0 Å². The molecular formula is C12H15N3O2. The number of rotatable bonds is 5. The van der Waals surface area contributed by atoms with Gasteiger partial charge in [0.2, 0.25) is 0 Å². The average Bonchev–Trinajstić information content (AvgIpc) is 2.79. The van der Waals surface area contributed by atoms with Crippen molar-refractivity contribution in [3.63, 3.8) is 0 Å². The summed E-state index contributed by atoms with van der Waals surface area (Å²) in [5, 5.41) is 13.4. The second-order valence-electron chi connectivity index (χ2n) is 3.68. The molecule has 90 valence electrons. The molecule has 1 aromatic heterocycles. The molecule has 5 nitrogen and oxygen atoms in total. The zero-order valence-electron chi connectivity index (χ0n) is 9.65. The van der Waals surface area contributed by atoms with Crippen LogP contribution in [0, 0.1) is 0 Å². The summed E-state index contributed by atoms with van der Waals surface area (Å²) in [6.45, 7) is 2.16. The summed E-state index contributed by atoms with van der Waals surface area (Å²) in [5.41, 5.74) is 0. The lowest BCUT2D eigenvalue weighted by Crippen LogP contribution is -2.06. The number of nitrogens with zero attached hydrogens (tertiary/aromatic N) is 3. The van der Waals surface area contributed by atoms with Gasteiger partial charge in [-0.05, 0) is 19.1 Å². The van der Waals surface area contributed by atoms with Crippen molar-refractivity contribution in [2.24, 2.45) is 0 Å². The van der Waals surface area contributed by atoms with Crippen molar-refractivity contribution in [1.82, 2.24) is 14.8 Å². The van der Waals surface area contributed by atoms with Gasteiger partial charge in [0.15, 0.2) is 5.82 Å². The molecule has 2 aromatic rings. The molecule has 0 bridgehead atoms. The summed E-state index contributed by atoms with van der Waals surface area (Å²) in [7, 11) is 0. The van der Waals surface area contributed by atoms with E-state index in [1.807, 2.05) is 30.3 Å². The van der Waals surface area contributed by atoms with Crippen LogP contribution < -0.4 is 4.74 Å². The minimum Gasteiger partial charge on any atom is -0.493 e. The zero-order valence-corrected chi connectivity index (χ0v) is 9.65. The van der Waals surface area contributed by atoms with Crippen LogP contribution in [0.1, 0.15) is 19.0 Å². The Bertz CT molecular complexity index is 454. The van der Waals surface area contributed by atoms with Crippen molar-refractivity contribution in [3.05, 3.63) is 42.5 Å². The lowest BCUT2D eigenvalue weighted by Gasteiger charge is -2.04. The van der Waals surface area contributed by atoms with Crippen molar-refractivity contribution < 1.29 is 9.84 Å². The quantitative estimate of drug-likeness (QED) is 0.848. The van der Waals surface area contributed by atoms with Crippen molar-refractivity contribution in [1.29, 1.82) is 0 Å². The smallest absolute Gasteiger partial charge is 0.154 e. The van der Waals surface area contributed by atoms with Gasteiger partial charge in [-0.3, -0.25) is 0 Å². The van der Waals surface area contributed by atoms with Crippen molar-refractivity contribution >= 4 is 0 Å². The molecule has 0 aliphatic heterocycles. The van der Waals surface area contributed by atoms with E-state index in [0.29, 0.717) is 18.9 Å². The molecule has 0 saturated carbocycles. The molecule has 0 aliphatic rings. The number of hydrogen-bond donors (Lipinski definition) is 1. The monoisotopic (exact) mass is 233 g/mol. The van der Waals surface area contributed by atoms with Gasteiger partial charge in [0.25, 0.3) is 0 Å². The highest BCUT2D eigenvalue weighted by Gasteiger charge is 2.04. The Balaban J connectivity index is 1.82. The van der Waals surface area contributed by atoms with Gasteiger partial charge in [0, 0.05) is 6.42 Å². The third-order valence-corrected chi connectivity index (χ3v) is 2.28. The number of hydrogen-bond acceptors (Lipinski definition) is 4. The number of benzene rings is 1. The number of para-hydroxylation sites is 1. The Hall–Kier alpha value is -1.88. The van der Waals surface area contributed by atoms with Gasteiger partial charge in [0.05, 0.1) is 6.61 Å². The van der Waals surface area contributed by atoms with E-state index < -0.39 is 6.23 Å².